The van der Waals surface area contributed by atoms with Crippen molar-refractivity contribution in [1.82, 2.24) is 15.5 Å². The summed E-state index contributed by atoms with van der Waals surface area (Å²) in [6.45, 7) is 11.4. The molecule has 0 aliphatic heterocycles. The maximum Gasteiger partial charge on any atom is 0.191 e. The normalized spacial score (nSPS) is 15.0. The molecule has 1 rings (SSSR count). The van der Waals surface area contributed by atoms with Gasteiger partial charge in [-0.15, -0.1) is 0 Å². The van der Waals surface area contributed by atoms with E-state index in [0.29, 0.717) is 6.04 Å². The zero-order chi connectivity index (χ0) is 15.7. The number of aliphatic imine (C=N–C) groups is 1. The molecule has 0 amide bonds. The van der Waals surface area contributed by atoms with E-state index in [0.717, 1.165) is 37.8 Å². The van der Waals surface area contributed by atoms with Crippen molar-refractivity contribution in [3.05, 3.63) is 24.2 Å². The Kier molecular flexibility index (Phi) is 7.90. The summed E-state index contributed by atoms with van der Waals surface area (Å²) in [6, 6.07) is 4.60. The van der Waals surface area contributed by atoms with E-state index in [4.69, 9.17) is 4.42 Å². The van der Waals surface area contributed by atoms with Gasteiger partial charge in [0.2, 0.25) is 0 Å². The first-order chi connectivity index (χ1) is 10.2. The summed E-state index contributed by atoms with van der Waals surface area (Å²) in [6.07, 6.45) is 2.80. The van der Waals surface area contributed by atoms with Crippen molar-refractivity contribution in [2.45, 2.75) is 46.2 Å². The minimum atomic E-state index is 0.213. The van der Waals surface area contributed by atoms with Crippen molar-refractivity contribution in [3.8, 4) is 0 Å². The van der Waals surface area contributed by atoms with Gasteiger partial charge in [-0.3, -0.25) is 9.89 Å². The molecule has 0 aliphatic carbocycles. The van der Waals surface area contributed by atoms with E-state index in [1.54, 1.807) is 13.3 Å². The molecular formula is C16H30N4O. The third kappa shape index (κ3) is 5.42. The van der Waals surface area contributed by atoms with Crippen molar-refractivity contribution < 1.29 is 4.42 Å². The van der Waals surface area contributed by atoms with E-state index < -0.39 is 0 Å². The first kappa shape index (κ1) is 17.6. The van der Waals surface area contributed by atoms with Gasteiger partial charge in [-0.1, -0.05) is 20.8 Å². The maximum atomic E-state index is 5.61. The topological polar surface area (TPSA) is 52.8 Å². The van der Waals surface area contributed by atoms with Crippen molar-refractivity contribution in [3.63, 3.8) is 0 Å². The average molecular weight is 294 g/mol. The largest absolute Gasteiger partial charge is 0.468 e. The molecule has 0 spiro atoms. The molecule has 0 aromatic carbocycles. The van der Waals surface area contributed by atoms with Crippen molar-refractivity contribution >= 4 is 5.96 Å². The highest BCUT2D eigenvalue weighted by molar-refractivity contribution is 5.79. The summed E-state index contributed by atoms with van der Waals surface area (Å²) in [7, 11) is 1.80. The lowest BCUT2D eigenvalue weighted by Crippen LogP contribution is -2.45. The molecule has 2 atom stereocenters. The molecule has 120 valence electrons. The third-order valence-electron chi connectivity index (χ3n) is 3.81. The maximum absolute atomic E-state index is 5.61. The highest BCUT2D eigenvalue weighted by atomic mass is 16.3. The SMILES string of the molecule is CCC(C)NC(=NC)NCC(c1ccco1)N(CC)CC. The molecule has 5 nitrogen and oxygen atoms in total. The summed E-state index contributed by atoms with van der Waals surface area (Å²) in [4.78, 5) is 6.66. The van der Waals surface area contributed by atoms with Gasteiger partial charge in [0.15, 0.2) is 5.96 Å². The fourth-order valence-electron chi connectivity index (χ4n) is 2.28. The average Bonchev–Trinajstić information content (AvgIpc) is 3.03. The lowest BCUT2D eigenvalue weighted by molar-refractivity contribution is 0.193. The second kappa shape index (κ2) is 9.45. The molecule has 0 saturated heterocycles. The second-order valence-corrected chi connectivity index (χ2v) is 5.16. The van der Waals surface area contributed by atoms with Crippen LogP contribution in [0.1, 0.15) is 45.9 Å². The predicted octanol–water partition coefficient (Wildman–Crippen LogP) is 2.63. The fourth-order valence-corrected chi connectivity index (χ4v) is 2.28. The summed E-state index contributed by atoms with van der Waals surface area (Å²) in [5, 5.41) is 6.79. The molecule has 0 aliphatic rings. The van der Waals surface area contributed by atoms with Gasteiger partial charge in [0.05, 0.1) is 12.3 Å². The van der Waals surface area contributed by atoms with Crippen molar-refractivity contribution in [2.75, 3.05) is 26.7 Å². The number of hydrogen-bond acceptors (Lipinski definition) is 3. The van der Waals surface area contributed by atoms with Gasteiger partial charge >= 0.3 is 0 Å². The Morgan fingerprint density at radius 3 is 2.52 bits per heavy atom. The van der Waals surface area contributed by atoms with Gasteiger partial charge in [-0.25, -0.2) is 0 Å². The van der Waals surface area contributed by atoms with Crippen LogP contribution in [0.4, 0.5) is 0 Å². The Morgan fingerprint density at radius 2 is 2.05 bits per heavy atom. The standard InChI is InChI=1S/C16H30N4O/c1-6-13(4)19-16(17-5)18-12-14(20(7-2)8-3)15-10-9-11-21-15/h9-11,13-14H,6-8,12H2,1-5H3,(H2,17,18,19). The molecule has 1 aromatic rings. The van der Waals surface area contributed by atoms with Crippen LogP contribution in [-0.4, -0.2) is 43.6 Å². The van der Waals surface area contributed by atoms with Gasteiger partial charge < -0.3 is 15.1 Å². The van der Waals surface area contributed by atoms with Gasteiger partial charge in [0.1, 0.15) is 5.76 Å². The predicted molar refractivity (Wildman–Crippen MR) is 88.6 cm³/mol. The quantitative estimate of drug-likeness (QED) is 0.571. The first-order valence-corrected chi connectivity index (χ1v) is 7.90. The van der Waals surface area contributed by atoms with Gasteiger partial charge in [0.25, 0.3) is 0 Å². The highest BCUT2D eigenvalue weighted by Crippen LogP contribution is 2.20. The highest BCUT2D eigenvalue weighted by Gasteiger charge is 2.20. The number of nitrogens with one attached hydrogen (secondary N) is 2. The monoisotopic (exact) mass is 294 g/mol. The van der Waals surface area contributed by atoms with Crippen LogP contribution in [0.5, 0.6) is 0 Å². The van der Waals surface area contributed by atoms with Crippen molar-refractivity contribution in [1.29, 1.82) is 0 Å². The minimum Gasteiger partial charge on any atom is -0.468 e. The molecule has 2 N–H and O–H groups in total. The van der Waals surface area contributed by atoms with Crippen LogP contribution in [0.15, 0.2) is 27.8 Å². The summed E-state index contributed by atoms with van der Waals surface area (Å²) in [5.41, 5.74) is 0. The summed E-state index contributed by atoms with van der Waals surface area (Å²) < 4.78 is 5.61. The number of likely N-dealkylation sites (N-methyl/N-ethyl adjacent to an activating group) is 1. The van der Waals surface area contributed by atoms with Crippen LogP contribution < -0.4 is 10.6 Å². The van der Waals surface area contributed by atoms with Crippen LogP contribution in [0.25, 0.3) is 0 Å². The molecule has 0 saturated carbocycles. The van der Waals surface area contributed by atoms with Gasteiger partial charge in [0, 0.05) is 19.6 Å². The molecule has 5 heteroatoms. The molecule has 0 bridgehead atoms. The lowest BCUT2D eigenvalue weighted by Gasteiger charge is -2.29. The summed E-state index contributed by atoms with van der Waals surface area (Å²) in [5.74, 6) is 1.83. The van der Waals surface area contributed by atoms with E-state index in [1.807, 2.05) is 12.1 Å². The van der Waals surface area contributed by atoms with Crippen LogP contribution in [-0.2, 0) is 0 Å². The van der Waals surface area contributed by atoms with E-state index in [1.165, 1.54) is 0 Å². The van der Waals surface area contributed by atoms with Crippen LogP contribution in [0.2, 0.25) is 0 Å². The van der Waals surface area contributed by atoms with Crippen LogP contribution >= 0.6 is 0 Å². The van der Waals surface area contributed by atoms with Gasteiger partial charge in [-0.2, -0.15) is 0 Å². The van der Waals surface area contributed by atoms with E-state index in [2.05, 4.69) is 48.2 Å². The zero-order valence-electron chi connectivity index (χ0n) is 14.0. The number of rotatable bonds is 8. The Labute approximate surface area is 128 Å². The zero-order valence-corrected chi connectivity index (χ0v) is 14.0. The van der Waals surface area contributed by atoms with Crippen LogP contribution in [0, 0.1) is 0 Å². The van der Waals surface area contributed by atoms with Crippen molar-refractivity contribution in [2.24, 2.45) is 4.99 Å². The molecule has 1 heterocycles. The van der Waals surface area contributed by atoms with E-state index >= 15 is 0 Å². The third-order valence-corrected chi connectivity index (χ3v) is 3.81. The molecule has 21 heavy (non-hydrogen) atoms. The molecule has 0 radical (unpaired) electrons. The Balaban J connectivity index is 2.69. The van der Waals surface area contributed by atoms with Gasteiger partial charge in [-0.05, 0) is 38.6 Å². The number of furan rings is 1. The smallest absolute Gasteiger partial charge is 0.191 e. The number of hydrogen-bond donors (Lipinski definition) is 2. The number of nitrogens with zero attached hydrogens (tertiary/aromatic N) is 2. The Hall–Kier alpha value is -1.49. The first-order valence-electron chi connectivity index (χ1n) is 7.90. The minimum absolute atomic E-state index is 0.213. The molecule has 1 aromatic heterocycles. The lowest BCUT2D eigenvalue weighted by atomic mass is 10.2. The van der Waals surface area contributed by atoms with E-state index in [9.17, 15) is 0 Å². The molecule has 0 fully saturated rings. The van der Waals surface area contributed by atoms with E-state index in [-0.39, 0.29) is 6.04 Å². The van der Waals surface area contributed by atoms with Crippen LogP contribution in [0.3, 0.4) is 0 Å². The molecule has 2 unspecified atom stereocenters. The fraction of sp³-hybridized carbons (Fsp3) is 0.688. The summed E-state index contributed by atoms with van der Waals surface area (Å²) >= 11 is 0. The molecular weight excluding hydrogens is 264 g/mol. The second-order valence-electron chi connectivity index (χ2n) is 5.16. The Bertz CT molecular complexity index is 398. The Morgan fingerprint density at radius 1 is 1.33 bits per heavy atom. The number of guanidine groups is 1.